The molecule has 0 N–H and O–H groups in total. The lowest BCUT2D eigenvalue weighted by Gasteiger charge is -2.26. The minimum Gasteiger partial charge on any atom is -0.460 e. The fourth-order valence-corrected chi connectivity index (χ4v) is 2.08. The van der Waals surface area contributed by atoms with Crippen LogP contribution in [0.15, 0.2) is 0 Å². The van der Waals surface area contributed by atoms with E-state index in [0.717, 1.165) is 6.42 Å². The molecular weight excluding hydrogens is 212 g/mol. The summed E-state index contributed by atoms with van der Waals surface area (Å²) in [6, 6.07) is 0. The molecule has 0 saturated carbocycles. The molecule has 0 spiro atoms. The third kappa shape index (κ3) is 7.40. The van der Waals surface area contributed by atoms with E-state index in [4.69, 9.17) is 4.74 Å². The fraction of sp³-hybridized carbons (Fsp3) is 0.933. The van der Waals surface area contributed by atoms with Crippen molar-refractivity contribution in [1.29, 1.82) is 0 Å². The molecule has 0 aliphatic rings. The van der Waals surface area contributed by atoms with Crippen LogP contribution in [0, 0.1) is 17.8 Å². The van der Waals surface area contributed by atoms with E-state index < -0.39 is 0 Å². The Morgan fingerprint density at radius 1 is 1.18 bits per heavy atom. The summed E-state index contributed by atoms with van der Waals surface area (Å²) in [6.45, 7) is 14.4. The summed E-state index contributed by atoms with van der Waals surface area (Å²) in [4.78, 5) is 11.9. The molecule has 0 saturated heterocycles. The molecule has 102 valence electrons. The smallest absolute Gasteiger partial charge is 0.309 e. The van der Waals surface area contributed by atoms with Crippen molar-refractivity contribution < 1.29 is 9.53 Å². The van der Waals surface area contributed by atoms with E-state index in [-0.39, 0.29) is 17.5 Å². The Hall–Kier alpha value is -0.530. The van der Waals surface area contributed by atoms with Gasteiger partial charge in [-0.15, -0.1) is 0 Å². The predicted molar refractivity (Wildman–Crippen MR) is 72.9 cm³/mol. The summed E-state index contributed by atoms with van der Waals surface area (Å²) in [5.74, 6) is 1.02. The molecule has 17 heavy (non-hydrogen) atoms. The number of carbonyl (C=O) groups excluding carboxylic acids is 1. The Labute approximate surface area is 107 Å². The Bertz CT molecular complexity index is 228. The van der Waals surface area contributed by atoms with Crippen molar-refractivity contribution in [2.45, 2.75) is 73.3 Å². The number of rotatable bonds is 6. The minimum atomic E-state index is -0.375. The molecule has 0 heterocycles. The van der Waals surface area contributed by atoms with Gasteiger partial charge in [0, 0.05) is 0 Å². The van der Waals surface area contributed by atoms with Crippen LogP contribution in [0.5, 0.6) is 0 Å². The van der Waals surface area contributed by atoms with Crippen molar-refractivity contribution >= 4 is 5.97 Å². The van der Waals surface area contributed by atoms with E-state index in [9.17, 15) is 4.79 Å². The molecule has 0 radical (unpaired) electrons. The maximum absolute atomic E-state index is 11.9. The first-order valence-electron chi connectivity index (χ1n) is 6.90. The molecule has 2 heteroatoms. The molecule has 0 aliphatic carbocycles. The molecule has 0 aromatic heterocycles. The van der Waals surface area contributed by atoms with Crippen molar-refractivity contribution in [3.05, 3.63) is 0 Å². The van der Waals surface area contributed by atoms with Crippen LogP contribution >= 0.6 is 0 Å². The van der Waals surface area contributed by atoms with E-state index >= 15 is 0 Å². The van der Waals surface area contributed by atoms with Crippen LogP contribution in [0.4, 0.5) is 0 Å². The van der Waals surface area contributed by atoms with Crippen molar-refractivity contribution in [3.8, 4) is 0 Å². The summed E-state index contributed by atoms with van der Waals surface area (Å²) in [7, 11) is 0. The summed E-state index contributed by atoms with van der Waals surface area (Å²) in [5, 5.41) is 0. The van der Waals surface area contributed by atoms with Gasteiger partial charge in [0.2, 0.25) is 0 Å². The van der Waals surface area contributed by atoms with Gasteiger partial charge in [0.15, 0.2) is 0 Å². The highest BCUT2D eigenvalue weighted by atomic mass is 16.6. The Kier molecular flexibility index (Phi) is 6.81. The van der Waals surface area contributed by atoms with Gasteiger partial charge in [-0.25, -0.2) is 0 Å². The lowest BCUT2D eigenvalue weighted by Crippen LogP contribution is -2.30. The van der Waals surface area contributed by atoms with Gasteiger partial charge in [0.1, 0.15) is 5.60 Å². The second kappa shape index (κ2) is 7.03. The zero-order valence-electron chi connectivity index (χ0n) is 12.7. The zero-order valence-corrected chi connectivity index (χ0v) is 12.7. The highest BCUT2D eigenvalue weighted by Crippen LogP contribution is 2.25. The summed E-state index contributed by atoms with van der Waals surface area (Å²) in [5.41, 5.74) is -0.375. The maximum atomic E-state index is 11.9. The fourth-order valence-electron chi connectivity index (χ4n) is 2.08. The topological polar surface area (TPSA) is 26.3 Å². The quantitative estimate of drug-likeness (QED) is 0.644. The van der Waals surface area contributed by atoms with Gasteiger partial charge in [0.25, 0.3) is 0 Å². The molecule has 0 aromatic rings. The van der Waals surface area contributed by atoms with E-state index in [1.54, 1.807) is 0 Å². The highest BCUT2D eigenvalue weighted by Gasteiger charge is 2.26. The van der Waals surface area contributed by atoms with Crippen LogP contribution in [0.25, 0.3) is 0 Å². The van der Waals surface area contributed by atoms with Crippen LogP contribution in [0.1, 0.15) is 67.7 Å². The SMILES string of the molecule is CCCC(C)CC(C)C(C)C(=O)OC(C)(C)C. The summed E-state index contributed by atoms with van der Waals surface area (Å²) in [6.07, 6.45) is 3.56. The lowest BCUT2D eigenvalue weighted by atomic mass is 9.86. The first kappa shape index (κ1) is 16.5. The van der Waals surface area contributed by atoms with Crippen LogP contribution in [0.3, 0.4) is 0 Å². The number of carbonyl (C=O) groups is 1. The third-order valence-electron chi connectivity index (χ3n) is 3.19. The van der Waals surface area contributed by atoms with Gasteiger partial charge in [-0.1, -0.05) is 40.5 Å². The third-order valence-corrected chi connectivity index (χ3v) is 3.19. The average molecular weight is 242 g/mol. The lowest BCUT2D eigenvalue weighted by molar-refractivity contribution is -0.161. The number of ether oxygens (including phenoxy) is 1. The molecule has 0 rings (SSSR count). The van der Waals surface area contributed by atoms with Crippen molar-refractivity contribution in [2.24, 2.45) is 17.8 Å². The maximum Gasteiger partial charge on any atom is 0.309 e. The van der Waals surface area contributed by atoms with Gasteiger partial charge >= 0.3 is 5.97 Å². The highest BCUT2D eigenvalue weighted by molar-refractivity contribution is 5.72. The van der Waals surface area contributed by atoms with E-state index in [1.807, 2.05) is 27.7 Å². The first-order valence-corrected chi connectivity index (χ1v) is 6.90. The van der Waals surface area contributed by atoms with Crippen LogP contribution in [0.2, 0.25) is 0 Å². The van der Waals surface area contributed by atoms with E-state index in [2.05, 4.69) is 20.8 Å². The molecule has 0 amide bonds. The monoisotopic (exact) mass is 242 g/mol. The second-order valence-corrected chi connectivity index (χ2v) is 6.43. The molecule has 0 bridgehead atoms. The minimum absolute atomic E-state index is 0.00599. The molecule has 0 fully saturated rings. The number of esters is 1. The molecule has 3 unspecified atom stereocenters. The zero-order chi connectivity index (χ0) is 13.6. The second-order valence-electron chi connectivity index (χ2n) is 6.43. The summed E-state index contributed by atoms with van der Waals surface area (Å²) < 4.78 is 5.42. The van der Waals surface area contributed by atoms with Crippen LogP contribution in [-0.4, -0.2) is 11.6 Å². The van der Waals surface area contributed by atoms with Gasteiger partial charge in [-0.3, -0.25) is 4.79 Å². The Morgan fingerprint density at radius 3 is 2.12 bits per heavy atom. The van der Waals surface area contributed by atoms with Crippen molar-refractivity contribution in [2.75, 3.05) is 0 Å². The van der Waals surface area contributed by atoms with Gasteiger partial charge in [-0.05, 0) is 39.0 Å². The number of hydrogen-bond acceptors (Lipinski definition) is 2. The van der Waals surface area contributed by atoms with Gasteiger partial charge < -0.3 is 4.74 Å². The average Bonchev–Trinajstić information content (AvgIpc) is 2.13. The Morgan fingerprint density at radius 2 is 1.71 bits per heavy atom. The van der Waals surface area contributed by atoms with E-state index in [0.29, 0.717) is 11.8 Å². The largest absolute Gasteiger partial charge is 0.460 e. The van der Waals surface area contributed by atoms with Gasteiger partial charge in [-0.2, -0.15) is 0 Å². The van der Waals surface area contributed by atoms with Gasteiger partial charge in [0.05, 0.1) is 5.92 Å². The molecule has 3 atom stereocenters. The molecular formula is C15H30O2. The predicted octanol–water partition coefficient (Wildman–Crippen LogP) is 4.43. The first-order chi connectivity index (χ1) is 7.67. The molecule has 0 aliphatic heterocycles. The Balaban J connectivity index is 4.20. The van der Waals surface area contributed by atoms with Crippen molar-refractivity contribution in [3.63, 3.8) is 0 Å². The van der Waals surface area contributed by atoms with Crippen LogP contribution in [-0.2, 0) is 9.53 Å². The standard InChI is InChI=1S/C15H30O2/c1-8-9-11(2)10-12(3)13(4)14(16)17-15(5,6)7/h11-13H,8-10H2,1-7H3. The van der Waals surface area contributed by atoms with Crippen molar-refractivity contribution in [1.82, 2.24) is 0 Å². The number of hydrogen-bond donors (Lipinski definition) is 0. The summed E-state index contributed by atoms with van der Waals surface area (Å²) >= 11 is 0. The van der Waals surface area contributed by atoms with E-state index in [1.165, 1.54) is 12.8 Å². The van der Waals surface area contributed by atoms with Crippen LogP contribution < -0.4 is 0 Å². The molecule has 0 aromatic carbocycles. The normalized spacial score (nSPS) is 17.4. The molecule has 2 nitrogen and oxygen atoms in total.